The van der Waals surface area contributed by atoms with Gasteiger partial charge in [0.15, 0.2) is 11.2 Å². The Bertz CT molecular complexity index is 1390. The van der Waals surface area contributed by atoms with Gasteiger partial charge in [0.25, 0.3) is 5.56 Å². The summed E-state index contributed by atoms with van der Waals surface area (Å²) in [5, 5.41) is 1.25. The maximum absolute atomic E-state index is 13.1. The van der Waals surface area contributed by atoms with Crippen molar-refractivity contribution in [3.05, 3.63) is 49.1 Å². The summed E-state index contributed by atoms with van der Waals surface area (Å²) in [5.41, 5.74) is 6.62. The van der Waals surface area contributed by atoms with E-state index in [2.05, 4.69) is 15.0 Å². The molecule has 0 spiro atoms. The number of benzene rings is 1. The molecule has 11 heteroatoms. The van der Waals surface area contributed by atoms with E-state index in [4.69, 9.17) is 17.3 Å². The summed E-state index contributed by atoms with van der Waals surface area (Å²) in [6.45, 7) is 1.56. The molecule has 0 saturated carbocycles. The lowest BCUT2D eigenvalue weighted by Gasteiger charge is -2.30. The number of anilines is 1. The largest absolute Gasteiger partial charge is 0.341 e. The minimum atomic E-state index is -0.432. The molecule has 0 aliphatic carbocycles. The van der Waals surface area contributed by atoms with Gasteiger partial charge in [-0.2, -0.15) is 4.98 Å². The number of nitrogens with zero attached hydrogens (tertiary/aromatic N) is 5. The lowest BCUT2D eigenvalue weighted by atomic mass is 10.1. The van der Waals surface area contributed by atoms with Gasteiger partial charge in [0.2, 0.25) is 5.95 Å². The highest BCUT2D eigenvalue weighted by molar-refractivity contribution is 7.18. The van der Waals surface area contributed by atoms with Crippen molar-refractivity contribution < 1.29 is 0 Å². The number of fused-ring (bicyclic) bond motifs is 2. The van der Waals surface area contributed by atoms with Crippen molar-refractivity contribution in [1.82, 2.24) is 24.1 Å². The first-order valence-corrected chi connectivity index (χ1v) is 10.8. The Morgan fingerprint density at radius 3 is 2.97 bits per heavy atom. The summed E-state index contributed by atoms with van der Waals surface area (Å²) in [6, 6.07) is 5.51. The van der Waals surface area contributed by atoms with Crippen molar-refractivity contribution >= 4 is 50.3 Å². The van der Waals surface area contributed by atoms with Crippen LogP contribution in [0.25, 0.3) is 21.4 Å². The van der Waals surface area contributed by atoms with Crippen molar-refractivity contribution in [3.8, 4) is 0 Å². The van der Waals surface area contributed by atoms with Crippen LogP contribution in [0, 0.1) is 0 Å². The Morgan fingerprint density at radius 2 is 2.17 bits per heavy atom. The lowest BCUT2D eigenvalue weighted by Crippen LogP contribution is -2.43. The number of H-pyrrole nitrogens is 1. The van der Waals surface area contributed by atoms with Crippen LogP contribution in [0.3, 0.4) is 0 Å². The van der Waals surface area contributed by atoms with Gasteiger partial charge >= 0.3 is 5.69 Å². The van der Waals surface area contributed by atoms with Crippen molar-refractivity contribution in [3.63, 3.8) is 0 Å². The van der Waals surface area contributed by atoms with Gasteiger partial charge in [-0.15, -0.1) is 11.3 Å². The number of imidazole rings is 1. The van der Waals surface area contributed by atoms with Gasteiger partial charge in [-0.25, -0.2) is 9.78 Å². The zero-order chi connectivity index (χ0) is 21.0. The van der Waals surface area contributed by atoms with Crippen LogP contribution in [0.1, 0.15) is 17.8 Å². The molecular formula is C19H20ClN7O2S. The molecule has 0 amide bonds. The number of halogens is 1. The van der Waals surface area contributed by atoms with Gasteiger partial charge < -0.3 is 15.6 Å². The van der Waals surface area contributed by atoms with Crippen LogP contribution >= 0.6 is 22.9 Å². The van der Waals surface area contributed by atoms with E-state index in [9.17, 15) is 9.59 Å². The van der Waals surface area contributed by atoms with Gasteiger partial charge in [0.05, 0.1) is 16.8 Å². The Kier molecular flexibility index (Phi) is 4.64. The molecule has 1 aromatic carbocycles. The Hall–Kier alpha value is -2.69. The number of nitrogens with one attached hydrogen (secondary N) is 1. The first-order valence-electron chi connectivity index (χ1n) is 9.66. The normalized spacial score (nSPS) is 17.3. The second kappa shape index (κ2) is 7.22. The van der Waals surface area contributed by atoms with Crippen LogP contribution in [0.15, 0.2) is 27.8 Å². The predicted octanol–water partition coefficient (Wildman–Crippen LogP) is 1.66. The Labute approximate surface area is 179 Å². The van der Waals surface area contributed by atoms with Gasteiger partial charge in [-0.3, -0.25) is 13.9 Å². The SMILES string of the molecule is Cn1c(=O)n(Cc2nc3cc(Cl)ccc3s2)c(=O)c2[nH]c(N3CCC[C@@H](N)C3)nc21. The molecule has 30 heavy (non-hydrogen) atoms. The fourth-order valence-electron chi connectivity index (χ4n) is 3.88. The van der Waals surface area contributed by atoms with Crippen LogP contribution in [-0.4, -0.2) is 43.2 Å². The van der Waals surface area contributed by atoms with Gasteiger partial charge in [-0.1, -0.05) is 11.6 Å². The summed E-state index contributed by atoms with van der Waals surface area (Å²) >= 11 is 7.47. The van der Waals surface area contributed by atoms with E-state index in [1.165, 1.54) is 20.5 Å². The molecule has 3 aromatic heterocycles. The monoisotopic (exact) mass is 445 g/mol. The molecule has 4 heterocycles. The molecule has 3 N–H and O–H groups in total. The molecule has 0 bridgehead atoms. The number of nitrogens with two attached hydrogens (primary N) is 1. The smallest absolute Gasteiger partial charge is 0.332 e. The maximum atomic E-state index is 13.1. The van der Waals surface area contributed by atoms with Gasteiger partial charge in [0, 0.05) is 31.2 Å². The van der Waals surface area contributed by atoms with Crippen LogP contribution in [0.4, 0.5) is 5.95 Å². The van der Waals surface area contributed by atoms with Crippen LogP contribution < -0.4 is 21.9 Å². The van der Waals surface area contributed by atoms with E-state index in [-0.39, 0.29) is 12.6 Å². The Balaban J connectivity index is 1.58. The van der Waals surface area contributed by atoms with Gasteiger partial charge in [0.1, 0.15) is 5.01 Å². The van der Waals surface area contributed by atoms with Crippen molar-refractivity contribution in [1.29, 1.82) is 0 Å². The van der Waals surface area contributed by atoms with E-state index in [1.54, 1.807) is 19.2 Å². The van der Waals surface area contributed by atoms with Crippen LogP contribution in [-0.2, 0) is 13.6 Å². The fraction of sp³-hybridized carbons (Fsp3) is 0.368. The van der Waals surface area contributed by atoms with Crippen molar-refractivity contribution in [2.45, 2.75) is 25.4 Å². The summed E-state index contributed by atoms with van der Waals surface area (Å²) in [7, 11) is 1.62. The molecule has 4 aromatic rings. The topological polar surface area (TPSA) is 115 Å². The Morgan fingerprint density at radius 1 is 1.33 bits per heavy atom. The van der Waals surface area contributed by atoms with Crippen molar-refractivity contribution in [2.75, 3.05) is 18.0 Å². The number of aryl methyl sites for hydroxylation is 1. The van der Waals surface area contributed by atoms with E-state index in [0.29, 0.717) is 33.7 Å². The van der Waals surface area contributed by atoms with E-state index in [1.807, 2.05) is 11.0 Å². The van der Waals surface area contributed by atoms with E-state index >= 15 is 0 Å². The third-order valence-electron chi connectivity index (χ3n) is 5.41. The standard InChI is InChI=1S/C19H20ClN7O2S/c1-25-16-15(23-18(24-16)26-6-2-3-11(21)8-26)17(28)27(19(25)29)9-14-22-12-7-10(20)4-5-13(12)30-14/h4-5,7,11H,2-3,6,8-9,21H2,1H3,(H,23,24)/t11-/m1/s1. The van der Waals surface area contributed by atoms with E-state index < -0.39 is 11.2 Å². The third kappa shape index (κ3) is 3.21. The first kappa shape index (κ1) is 19.3. The molecular weight excluding hydrogens is 426 g/mol. The number of aromatic amines is 1. The number of thiazole rings is 1. The molecule has 9 nitrogen and oxygen atoms in total. The number of hydrogen-bond donors (Lipinski definition) is 2. The summed E-state index contributed by atoms with van der Waals surface area (Å²) < 4.78 is 3.53. The van der Waals surface area contributed by atoms with E-state index in [0.717, 1.165) is 29.6 Å². The highest BCUT2D eigenvalue weighted by atomic mass is 35.5. The molecule has 5 rings (SSSR count). The predicted molar refractivity (Wildman–Crippen MR) is 119 cm³/mol. The first-order chi connectivity index (χ1) is 14.4. The second-order valence-corrected chi connectivity index (χ2v) is 9.11. The number of hydrogen-bond acceptors (Lipinski definition) is 7. The quantitative estimate of drug-likeness (QED) is 0.495. The number of aromatic nitrogens is 5. The highest BCUT2D eigenvalue weighted by Gasteiger charge is 2.22. The molecule has 156 valence electrons. The lowest BCUT2D eigenvalue weighted by molar-refractivity contribution is 0.501. The third-order valence-corrected chi connectivity index (χ3v) is 6.67. The molecule has 1 aliphatic rings. The average Bonchev–Trinajstić information content (AvgIpc) is 3.33. The van der Waals surface area contributed by atoms with Gasteiger partial charge in [-0.05, 0) is 31.0 Å². The molecule has 1 saturated heterocycles. The zero-order valence-corrected chi connectivity index (χ0v) is 17.8. The fourth-order valence-corrected chi connectivity index (χ4v) is 4.98. The van der Waals surface area contributed by atoms with Crippen molar-refractivity contribution in [2.24, 2.45) is 12.8 Å². The molecule has 1 aliphatic heterocycles. The molecule has 0 unspecified atom stereocenters. The van der Waals surface area contributed by atoms with Crippen LogP contribution in [0.2, 0.25) is 5.02 Å². The second-order valence-electron chi connectivity index (χ2n) is 7.56. The molecule has 1 fully saturated rings. The summed E-state index contributed by atoms with van der Waals surface area (Å²) in [4.78, 5) is 40.2. The highest BCUT2D eigenvalue weighted by Crippen LogP contribution is 2.25. The summed E-state index contributed by atoms with van der Waals surface area (Å²) in [5.74, 6) is 0.569. The molecule has 0 radical (unpaired) electrons. The average molecular weight is 446 g/mol. The minimum absolute atomic E-state index is 0.0694. The van der Waals surface area contributed by atoms with Crippen LogP contribution in [0.5, 0.6) is 0 Å². The summed E-state index contributed by atoms with van der Waals surface area (Å²) in [6.07, 6.45) is 1.93. The zero-order valence-electron chi connectivity index (χ0n) is 16.3. The number of piperidine rings is 1. The molecule has 1 atom stereocenters. The minimum Gasteiger partial charge on any atom is -0.341 e. The number of rotatable bonds is 3. The maximum Gasteiger partial charge on any atom is 0.332 e.